The van der Waals surface area contributed by atoms with Gasteiger partial charge >= 0.3 is 0 Å². The first-order valence-corrected chi connectivity index (χ1v) is 9.26. The summed E-state index contributed by atoms with van der Waals surface area (Å²) in [6, 6.07) is 14.8. The van der Waals surface area contributed by atoms with Crippen LogP contribution in [0.25, 0.3) is 33.2 Å². The molecule has 142 valence electrons. The molecule has 0 radical (unpaired) electrons. The van der Waals surface area contributed by atoms with E-state index in [1.807, 2.05) is 12.1 Å². The highest BCUT2D eigenvalue weighted by molar-refractivity contribution is 5.98. The Kier molecular flexibility index (Phi) is 4.79. The van der Waals surface area contributed by atoms with Crippen molar-refractivity contribution < 1.29 is 0 Å². The molecule has 0 aliphatic heterocycles. The molecule has 4 aromatic rings. The molecule has 2 aromatic heterocycles. The lowest BCUT2D eigenvalue weighted by atomic mass is 9.99. The average molecular weight is 372 g/mol. The quantitative estimate of drug-likeness (QED) is 0.443. The molecule has 6 nitrogen and oxygen atoms in total. The third kappa shape index (κ3) is 3.34. The van der Waals surface area contributed by atoms with Crippen LogP contribution in [0, 0.1) is 5.41 Å². The highest BCUT2D eigenvalue weighted by atomic mass is 15.1. The molecule has 2 aromatic carbocycles. The van der Waals surface area contributed by atoms with E-state index in [1.165, 1.54) is 17.2 Å². The standard InChI is InChI=1S/C22H24N6/c1-24-12-17(11-23)15-5-7-20-18(9-15)22(27-26-20)21-10-16-8-14(13-28(2)3)4-6-19(16)25-21/h4-12,17,23,25H,13H2,1-3H3,(H,26,27). The Labute approximate surface area is 163 Å². The number of aliphatic imine (C=N–C) groups is 1. The van der Waals surface area contributed by atoms with E-state index in [1.54, 1.807) is 13.3 Å². The van der Waals surface area contributed by atoms with Gasteiger partial charge in [-0.2, -0.15) is 5.10 Å². The summed E-state index contributed by atoms with van der Waals surface area (Å²) in [5, 5.41) is 17.6. The van der Waals surface area contributed by atoms with Crippen molar-refractivity contribution in [2.45, 2.75) is 12.5 Å². The van der Waals surface area contributed by atoms with Gasteiger partial charge in [0.25, 0.3) is 0 Å². The number of aromatic amines is 2. The van der Waals surface area contributed by atoms with Crippen molar-refractivity contribution in [2.75, 3.05) is 21.1 Å². The minimum Gasteiger partial charge on any atom is -0.353 e. The van der Waals surface area contributed by atoms with Gasteiger partial charge in [-0.25, -0.2) is 0 Å². The second-order valence-corrected chi connectivity index (χ2v) is 7.32. The maximum absolute atomic E-state index is 7.68. The topological polar surface area (TPSA) is 83.9 Å². The van der Waals surface area contributed by atoms with E-state index in [-0.39, 0.29) is 5.92 Å². The van der Waals surface area contributed by atoms with Gasteiger partial charge in [0, 0.05) is 42.3 Å². The number of H-pyrrole nitrogens is 2. The molecule has 1 atom stereocenters. The largest absolute Gasteiger partial charge is 0.353 e. The van der Waals surface area contributed by atoms with Gasteiger partial charge in [0.05, 0.1) is 17.1 Å². The van der Waals surface area contributed by atoms with Crippen molar-refractivity contribution in [3.63, 3.8) is 0 Å². The molecule has 3 N–H and O–H groups in total. The van der Waals surface area contributed by atoms with Gasteiger partial charge in [-0.05, 0) is 55.6 Å². The van der Waals surface area contributed by atoms with Gasteiger partial charge in [0.2, 0.25) is 0 Å². The van der Waals surface area contributed by atoms with Gasteiger partial charge in [-0.1, -0.05) is 12.1 Å². The van der Waals surface area contributed by atoms with Gasteiger partial charge in [-0.3, -0.25) is 10.1 Å². The fourth-order valence-corrected chi connectivity index (χ4v) is 3.60. The summed E-state index contributed by atoms with van der Waals surface area (Å²) in [5.74, 6) is -0.131. The predicted molar refractivity (Wildman–Crippen MR) is 117 cm³/mol. The van der Waals surface area contributed by atoms with Crippen molar-refractivity contribution in [3.05, 3.63) is 53.6 Å². The molecule has 1 unspecified atom stereocenters. The van der Waals surface area contributed by atoms with Crippen LogP contribution in [0.4, 0.5) is 0 Å². The number of rotatable bonds is 6. The molecule has 0 fully saturated rings. The van der Waals surface area contributed by atoms with Crippen LogP contribution in [0.15, 0.2) is 47.5 Å². The summed E-state index contributed by atoms with van der Waals surface area (Å²) in [4.78, 5) is 9.73. The van der Waals surface area contributed by atoms with E-state index in [4.69, 9.17) is 5.41 Å². The number of nitrogens with one attached hydrogen (secondary N) is 3. The minimum absolute atomic E-state index is 0.131. The van der Waals surface area contributed by atoms with Crippen molar-refractivity contribution in [1.29, 1.82) is 5.41 Å². The summed E-state index contributed by atoms with van der Waals surface area (Å²) in [6.07, 6.45) is 3.19. The van der Waals surface area contributed by atoms with Crippen LogP contribution in [0.5, 0.6) is 0 Å². The highest BCUT2D eigenvalue weighted by Crippen LogP contribution is 2.30. The number of benzene rings is 2. The predicted octanol–water partition coefficient (Wildman–Crippen LogP) is 4.21. The molecule has 2 heterocycles. The van der Waals surface area contributed by atoms with E-state index in [0.29, 0.717) is 0 Å². The Bertz CT molecular complexity index is 1160. The molecule has 28 heavy (non-hydrogen) atoms. The van der Waals surface area contributed by atoms with Crippen molar-refractivity contribution >= 4 is 34.2 Å². The summed E-state index contributed by atoms with van der Waals surface area (Å²) >= 11 is 0. The van der Waals surface area contributed by atoms with Gasteiger partial charge in [-0.15, -0.1) is 0 Å². The molecule has 0 saturated heterocycles. The average Bonchev–Trinajstić information content (AvgIpc) is 3.28. The Balaban J connectivity index is 1.78. The maximum Gasteiger partial charge on any atom is 0.116 e. The third-order valence-corrected chi connectivity index (χ3v) is 4.90. The van der Waals surface area contributed by atoms with Crippen LogP contribution in [0.2, 0.25) is 0 Å². The number of hydrogen-bond donors (Lipinski definition) is 3. The van der Waals surface area contributed by atoms with Gasteiger partial charge in [0.1, 0.15) is 5.69 Å². The molecule has 6 heteroatoms. The Morgan fingerprint density at radius 2 is 1.96 bits per heavy atom. The zero-order valence-electron chi connectivity index (χ0n) is 16.3. The molecule has 0 amide bonds. The Morgan fingerprint density at radius 1 is 1.14 bits per heavy atom. The lowest BCUT2D eigenvalue weighted by Gasteiger charge is -2.09. The number of hydrogen-bond acceptors (Lipinski definition) is 4. The van der Waals surface area contributed by atoms with E-state index < -0.39 is 0 Å². The highest BCUT2D eigenvalue weighted by Gasteiger charge is 2.14. The zero-order chi connectivity index (χ0) is 19.7. The van der Waals surface area contributed by atoms with Gasteiger partial charge < -0.3 is 15.3 Å². The number of aromatic nitrogens is 3. The van der Waals surface area contributed by atoms with Crippen LogP contribution >= 0.6 is 0 Å². The number of fused-ring (bicyclic) bond motifs is 2. The second-order valence-electron chi connectivity index (χ2n) is 7.32. The maximum atomic E-state index is 7.68. The molecular formula is C22H24N6. The zero-order valence-corrected chi connectivity index (χ0v) is 16.3. The summed E-state index contributed by atoms with van der Waals surface area (Å²) in [7, 11) is 5.88. The second kappa shape index (κ2) is 7.40. The van der Waals surface area contributed by atoms with Crippen LogP contribution in [-0.4, -0.2) is 53.7 Å². The van der Waals surface area contributed by atoms with E-state index in [9.17, 15) is 0 Å². The molecule has 0 saturated carbocycles. The van der Waals surface area contributed by atoms with Crippen LogP contribution in [0.1, 0.15) is 17.0 Å². The molecular weight excluding hydrogens is 348 g/mol. The number of nitrogens with zero attached hydrogens (tertiary/aromatic N) is 3. The van der Waals surface area contributed by atoms with E-state index in [0.717, 1.165) is 39.9 Å². The summed E-state index contributed by atoms with van der Waals surface area (Å²) in [6.45, 7) is 0.912. The Hall–Kier alpha value is -3.25. The third-order valence-electron chi connectivity index (χ3n) is 4.90. The molecule has 4 rings (SSSR count). The fourth-order valence-electron chi connectivity index (χ4n) is 3.60. The Morgan fingerprint density at radius 3 is 2.71 bits per heavy atom. The minimum atomic E-state index is -0.131. The lowest BCUT2D eigenvalue weighted by Crippen LogP contribution is -2.10. The van der Waals surface area contributed by atoms with Crippen LogP contribution in [0.3, 0.4) is 0 Å². The summed E-state index contributed by atoms with van der Waals surface area (Å²) < 4.78 is 0. The first kappa shape index (κ1) is 18.1. The van der Waals surface area contributed by atoms with E-state index in [2.05, 4.69) is 69.5 Å². The lowest BCUT2D eigenvalue weighted by molar-refractivity contribution is 0.403. The van der Waals surface area contributed by atoms with Crippen molar-refractivity contribution in [2.24, 2.45) is 4.99 Å². The fraction of sp³-hybridized carbons (Fsp3) is 0.227. The normalized spacial score (nSPS) is 13.1. The summed E-state index contributed by atoms with van der Waals surface area (Å²) in [5.41, 5.74) is 6.25. The van der Waals surface area contributed by atoms with Crippen molar-refractivity contribution in [1.82, 2.24) is 20.1 Å². The SMILES string of the molecule is CN=CC(C=N)c1ccc2[nH]nc(-c3cc4cc(CN(C)C)ccc4[nH]3)c2c1. The van der Waals surface area contributed by atoms with Crippen LogP contribution < -0.4 is 0 Å². The molecule has 0 spiro atoms. The van der Waals surface area contributed by atoms with E-state index >= 15 is 0 Å². The molecule has 0 aliphatic rings. The first-order valence-electron chi connectivity index (χ1n) is 9.26. The monoisotopic (exact) mass is 372 g/mol. The molecule has 0 aliphatic carbocycles. The van der Waals surface area contributed by atoms with Gasteiger partial charge in [0.15, 0.2) is 0 Å². The molecule has 0 bridgehead atoms. The van der Waals surface area contributed by atoms with Crippen LogP contribution in [-0.2, 0) is 6.54 Å². The van der Waals surface area contributed by atoms with Crippen molar-refractivity contribution in [3.8, 4) is 11.4 Å². The first-order chi connectivity index (χ1) is 13.6. The smallest absolute Gasteiger partial charge is 0.116 e.